The van der Waals surface area contributed by atoms with E-state index < -0.39 is 28.8 Å². The molecule has 0 amide bonds. The van der Waals surface area contributed by atoms with Gasteiger partial charge in [-0.25, -0.2) is 13.2 Å². The lowest BCUT2D eigenvalue weighted by molar-refractivity contribution is 0.103. The summed E-state index contributed by atoms with van der Waals surface area (Å²) in [5, 5.41) is -0.525. The van der Waals surface area contributed by atoms with Crippen molar-refractivity contribution in [2.24, 2.45) is 0 Å². The van der Waals surface area contributed by atoms with Crippen LogP contribution in [0.25, 0.3) is 0 Å². The molecule has 0 aromatic heterocycles. The average molecular weight is 374 g/mol. The van der Waals surface area contributed by atoms with Crippen LogP contribution in [0.4, 0.5) is 13.2 Å². The second kappa shape index (κ2) is 6.05. The lowest BCUT2D eigenvalue weighted by Crippen LogP contribution is -2.06. The van der Waals surface area contributed by atoms with Crippen molar-refractivity contribution in [3.63, 3.8) is 0 Å². The molecule has 0 saturated carbocycles. The maximum absolute atomic E-state index is 13.2. The Morgan fingerprint density at radius 1 is 0.810 bits per heavy atom. The summed E-state index contributed by atoms with van der Waals surface area (Å²) in [6.07, 6.45) is 0. The lowest BCUT2D eigenvalue weighted by atomic mass is 10.0. The topological polar surface area (TPSA) is 17.1 Å². The Morgan fingerprint density at radius 2 is 1.33 bits per heavy atom. The fourth-order valence-corrected chi connectivity index (χ4v) is 2.69. The van der Waals surface area contributed by atoms with Gasteiger partial charge in [0, 0.05) is 5.56 Å². The van der Waals surface area contributed by atoms with Gasteiger partial charge in [0.2, 0.25) is 0 Å². The highest BCUT2D eigenvalue weighted by Crippen LogP contribution is 2.38. The minimum Gasteiger partial charge on any atom is -0.288 e. The van der Waals surface area contributed by atoms with Gasteiger partial charge in [0.25, 0.3) is 0 Å². The Hall–Kier alpha value is -0.940. The molecule has 0 radical (unpaired) electrons. The monoisotopic (exact) mass is 372 g/mol. The molecule has 0 aliphatic rings. The molecular weight excluding hydrogens is 371 g/mol. The van der Waals surface area contributed by atoms with E-state index in [1.165, 1.54) is 6.07 Å². The van der Waals surface area contributed by atoms with E-state index in [1.807, 2.05) is 0 Å². The first kappa shape index (κ1) is 16.4. The van der Waals surface area contributed by atoms with Gasteiger partial charge < -0.3 is 0 Å². The zero-order valence-electron chi connectivity index (χ0n) is 9.79. The predicted molar refractivity (Wildman–Crippen MR) is 76.2 cm³/mol. The molecule has 1 nitrogen and oxygen atoms in total. The maximum atomic E-state index is 13.2. The molecule has 2 aromatic rings. The van der Waals surface area contributed by atoms with Gasteiger partial charge in [0.15, 0.2) is 23.2 Å². The number of carbonyl (C=O) groups excluding carboxylic acids is 1. The van der Waals surface area contributed by atoms with E-state index in [0.29, 0.717) is 12.1 Å². The van der Waals surface area contributed by atoms with Crippen molar-refractivity contribution in [2.75, 3.05) is 0 Å². The minimum absolute atomic E-state index is 0.0136. The van der Waals surface area contributed by atoms with Gasteiger partial charge in [-0.1, -0.05) is 46.4 Å². The summed E-state index contributed by atoms with van der Waals surface area (Å²) in [5.41, 5.74) is -0.744. The second-order valence-corrected chi connectivity index (χ2v) is 5.50. The summed E-state index contributed by atoms with van der Waals surface area (Å²) in [4.78, 5) is 12.2. The molecule has 0 bridgehead atoms. The van der Waals surface area contributed by atoms with Crippen LogP contribution in [0.5, 0.6) is 0 Å². The number of carbonyl (C=O) groups is 1. The first-order chi connectivity index (χ1) is 9.73. The molecule has 0 heterocycles. The third kappa shape index (κ3) is 2.99. The van der Waals surface area contributed by atoms with Crippen LogP contribution in [0.15, 0.2) is 18.2 Å². The molecular formula is C13H3Cl4F3O. The Labute approximate surface area is 137 Å². The molecule has 0 N–H and O–H groups in total. The predicted octanol–water partition coefficient (Wildman–Crippen LogP) is 5.95. The van der Waals surface area contributed by atoms with E-state index >= 15 is 0 Å². The molecule has 0 unspecified atom stereocenters. The van der Waals surface area contributed by atoms with E-state index in [-0.39, 0.29) is 25.7 Å². The summed E-state index contributed by atoms with van der Waals surface area (Å²) in [6, 6.07) is 2.24. The first-order valence-electron chi connectivity index (χ1n) is 5.26. The van der Waals surface area contributed by atoms with E-state index in [0.717, 1.165) is 0 Å². The van der Waals surface area contributed by atoms with E-state index in [4.69, 9.17) is 46.4 Å². The van der Waals surface area contributed by atoms with Crippen LogP contribution in [-0.4, -0.2) is 5.78 Å². The van der Waals surface area contributed by atoms with Crippen molar-refractivity contribution >= 4 is 52.2 Å². The highest BCUT2D eigenvalue weighted by molar-refractivity contribution is 6.51. The molecule has 110 valence electrons. The van der Waals surface area contributed by atoms with Crippen LogP contribution in [0, 0.1) is 17.5 Å². The van der Waals surface area contributed by atoms with Crippen molar-refractivity contribution in [2.45, 2.75) is 0 Å². The van der Waals surface area contributed by atoms with Crippen molar-refractivity contribution in [1.29, 1.82) is 0 Å². The van der Waals surface area contributed by atoms with Crippen molar-refractivity contribution in [3.05, 3.63) is 66.9 Å². The van der Waals surface area contributed by atoms with Gasteiger partial charge in [-0.2, -0.15) is 0 Å². The van der Waals surface area contributed by atoms with Crippen molar-refractivity contribution in [1.82, 2.24) is 0 Å². The van der Waals surface area contributed by atoms with E-state index in [1.54, 1.807) is 0 Å². The van der Waals surface area contributed by atoms with Gasteiger partial charge >= 0.3 is 0 Å². The quantitative estimate of drug-likeness (QED) is 0.361. The summed E-state index contributed by atoms with van der Waals surface area (Å²) in [6.45, 7) is 0. The largest absolute Gasteiger partial charge is 0.288 e. The van der Waals surface area contributed by atoms with Crippen LogP contribution in [-0.2, 0) is 0 Å². The minimum atomic E-state index is -1.68. The molecule has 0 fully saturated rings. The summed E-state index contributed by atoms with van der Waals surface area (Å²) >= 11 is 23.3. The number of hydrogen-bond donors (Lipinski definition) is 0. The second-order valence-electron chi connectivity index (χ2n) is 3.93. The number of rotatable bonds is 2. The Balaban J connectivity index is 2.64. The van der Waals surface area contributed by atoms with Crippen LogP contribution in [0.2, 0.25) is 20.1 Å². The molecule has 21 heavy (non-hydrogen) atoms. The fraction of sp³-hybridized carbons (Fsp3) is 0. The third-order valence-corrected chi connectivity index (χ3v) is 4.15. The molecule has 0 aliphatic carbocycles. The van der Waals surface area contributed by atoms with E-state index in [9.17, 15) is 18.0 Å². The zero-order valence-corrected chi connectivity index (χ0v) is 12.8. The molecule has 0 spiro atoms. The molecule has 0 atom stereocenters. The lowest BCUT2D eigenvalue weighted by Gasteiger charge is -2.09. The highest BCUT2D eigenvalue weighted by atomic mass is 35.5. The maximum Gasteiger partial charge on any atom is 0.196 e. The summed E-state index contributed by atoms with van der Waals surface area (Å²) in [5.74, 6) is -5.62. The number of ketones is 1. The van der Waals surface area contributed by atoms with Gasteiger partial charge in [0.05, 0.1) is 25.7 Å². The molecule has 2 rings (SSSR count). The average Bonchev–Trinajstić information content (AvgIpc) is 2.41. The van der Waals surface area contributed by atoms with Crippen molar-refractivity contribution < 1.29 is 18.0 Å². The third-order valence-electron chi connectivity index (χ3n) is 2.59. The summed E-state index contributed by atoms with van der Waals surface area (Å²) < 4.78 is 39.3. The normalized spacial score (nSPS) is 10.8. The number of halogens is 7. The Kier molecular flexibility index (Phi) is 4.73. The smallest absolute Gasteiger partial charge is 0.196 e. The highest BCUT2D eigenvalue weighted by Gasteiger charge is 2.23. The van der Waals surface area contributed by atoms with E-state index in [2.05, 4.69) is 0 Å². The number of hydrogen-bond acceptors (Lipinski definition) is 1. The van der Waals surface area contributed by atoms with Gasteiger partial charge in [0.1, 0.15) is 0 Å². The molecule has 0 saturated heterocycles. The van der Waals surface area contributed by atoms with Crippen LogP contribution >= 0.6 is 46.4 Å². The summed E-state index contributed by atoms with van der Waals surface area (Å²) in [7, 11) is 0. The fourth-order valence-electron chi connectivity index (χ4n) is 1.61. The molecule has 0 aliphatic heterocycles. The van der Waals surface area contributed by atoms with Gasteiger partial charge in [-0.3, -0.25) is 4.79 Å². The first-order valence-corrected chi connectivity index (χ1v) is 6.77. The van der Waals surface area contributed by atoms with Crippen LogP contribution in [0.1, 0.15) is 15.9 Å². The van der Waals surface area contributed by atoms with Crippen LogP contribution in [0.3, 0.4) is 0 Å². The van der Waals surface area contributed by atoms with Gasteiger partial charge in [-0.15, -0.1) is 0 Å². The Morgan fingerprint density at radius 3 is 1.86 bits per heavy atom. The van der Waals surface area contributed by atoms with Crippen LogP contribution < -0.4 is 0 Å². The zero-order chi connectivity index (χ0) is 15.9. The van der Waals surface area contributed by atoms with Gasteiger partial charge in [-0.05, 0) is 18.2 Å². The Bertz CT molecular complexity index is 739. The molecule has 8 heteroatoms. The standard InChI is InChI=1S/C13H3Cl4F3O/c14-5-3-6(15)10(16)11(17)9(5)13(21)4-1-7(18)12(20)8(19)2-4/h1-3H. The SMILES string of the molecule is O=C(c1cc(F)c(F)c(F)c1)c1c(Cl)cc(Cl)c(Cl)c1Cl. The van der Waals surface area contributed by atoms with Crippen molar-refractivity contribution in [3.8, 4) is 0 Å². The number of benzene rings is 2. The molecule has 2 aromatic carbocycles.